The molecule has 0 radical (unpaired) electrons. The highest BCUT2D eigenvalue weighted by atomic mass is 16.5. The van der Waals surface area contributed by atoms with Gasteiger partial charge in [0.2, 0.25) is 0 Å². The number of allylic oxidation sites excluding steroid dienone is 1. The van der Waals surface area contributed by atoms with E-state index in [1.54, 1.807) is 0 Å². The van der Waals surface area contributed by atoms with E-state index in [0.29, 0.717) is 0 Å². The van der Waals surface area contributed by atoms with E-state index in [2.05, 4.69) is 20.1 Å². The van der Waals surface area contributed by atoms with Crippen molar-refractivity contribution in [3.63, 3.8) is 0 Å². The maximum Gasteiger partial charge on any atom is 0.158 e. The van der Waals surface area contributed by atoms with Crippen molar-refractivity contribution in [1.82, 2.24) is 4.90 Å². The quantitative estimate of drug-likeness (QED) is 0.561. The van der Waals surface area contributed by atoms with E-state index in [1.165, 1.54) is 0 Å². The molecule has 1 unspecified atom stereocenters. The lowest BCUT2D eigenvalue weighted by molar-refractivity contribution is 0.0673. The second-order valence-electron chi connectivity index (χ2n) is 3.64. The van der Waals surface area contributed by atoms with E-state index in [9.17, 15) is 0 Å². The van der Waals surface area contributed by atoms with Gasteiger partial charge in [-0.2, -0.15) is 5.10 Å². The number of hydrogen-bond acceptors (Lipinski definition) is 5. The largest absolute Gasteiger partial charge is 0.378 e. The zero-order valence-electron chi connectivity index (χ0n) is 8.33. The number of rotatable bonds is 0. The first-order valence-electron chi connectivity index (χ1n) is 5.13. The molecule has 0 bridgehead atoms. The number of amidine groups is 1. The molecule has 1 atom stereocenters. The first-order valence-corrected chi connectivity index (χ1v) is 5.13. The molecule has 0 saturated carbocycles. The van der Waals surface area contributed by atoms with Gasteiger partial charge in [-0.1, -0.05) is 0 Å². The number of fused-ring (bicyclic) bond motifs is 1. The fourth-order valence-electron chi connectivity index (χ4n) is 1.92. The molecule has 0 spiro atoms. The van der Waals surface area contributed by atoms with Crippen LogP contribution in [0.4, 0.5) is 0 Å². The fraction of sp³-hybridized carbons (Fsp3) is 0.500. The molecule has 5 heteroatoms. The van der Waals surface area contributed by atoms with Crippen molar-refractivity contribution in [3.8, 4) is 0 Å². The Morgan fingerprint density at radius 2 is 2.13 bits per heavy atom. The molecular formula is C10H12N4O. The minimum absolute atomic E-state index is 0.0214. The summed E-state index contributed by atoms with van der Waals surface area (Å²) in [5.74, 6) is 0.967. The van der Waals surface area contributed by atoms with Crippen molar-refractivity contribution in [2.24, 2.45) is 15.2 Å². The highest BCUT2D eigenvalue weighted by Crippen LogP contribution is 2.15. The Morgan fingerprint density at radius 1 is 1.27 bits per heavy atom. The number of hydrogen-bond donors (Lipinski definition) is 0. The summed E-state index contributed by atoms with van der Waals surface area (Å²) in [7, 11) is 0. The minimum Gasteiger partial charge on any atom is -0.378 e. The van der Waals surface area contributed by atoms with Gasteiger partial charge in [-0.25, -0.2) is 0 Å². The van der Waals surface area contributed by atoms with Crippen molar-refractivity contribution >= 4 is 17.8 Å². The average Bonchev–Trinajstić information content (AvgIpc) is 2.74. The van der Waals surface area contributed by atoms with Crippen LogP contribution in [-0.2, 0) is 4.74 Å². The van der Waals surface area contributed by atoms with Gasteiger partial charge in [0.15, 0.2) is 11.9 Å². The summed E-state index contributed by atoms with van der Waals surface area (Å²) >= 11 is 0. The van der Waals surface area contributed by atoms with Gasteiger partial charge in [-0.15, -0.1) is 5.10 Å². The monoisotopic (exact) mass is 204 g/mol. The van der Waals surface area contributed by atoms with Crippen LogP contribution in [0.1, 0.15) is 0 Å². The lowest BCUT2D eigenvalue weighted by Crippen LogP contribution is -2.46. The van der Waals surface area contributed by atoms with Crippen molar-refractivity contribution in [3.05, 3.63) is 12.2 Å². The molecule has 5 nitrogen and oxygen atoms in total. The van der Waals surface area contributed by atoms with Crippen LogP contribution in [-0.4, -0.2) is 55.0 Å². The van der Waals surface area contributed by atoms with Gasteiger partial charge in [-0.05, 0) is 12.2 Å². The van der Waals surface area contributed by atoms with Crippen molar-refractivity contribution < 1.29 is 4.74 Å². The van der Waals surface area contributed by atoms with E-state index < -0.39 is 0 Å². The van der Waals surface area contributed by atoms with Crippen molar-refractivity contribution in [1.29, 1.82) is 0 Å². The smallest absolute Gasteiger partial charge is 0.158 e. The molecule has 0 N–H and O–H groups in total. The third-order valence-electron chi connectivity index (χ3n) is 2.72. The number of dihydropyridines is 1. The van der Waals surface area contributed by atoms with Gasteiger partial charge in [0.25, 0.3) is 0 Å². The zero-order chi connectivity index (χ0) is 10.1. The van der Waals surface area contributed by atoms with Crippen LogP contribution in [0.5, 0.6) is 0 Å². The molecule has 0 amide bonds. The molecule has 3 aliphatic rings. The van der Waals surface area contributed by atoms with Crippen LogP contribution >= 0.6 is 0 Å². The van der Waals surface area contributed by atoms with E-state index >= 15 is 0 Å². The number of nitrogens with zero attached hydrogens (tertiary/aromatic N) is 4. The molecule has 15 heavy (non-hydrogen) atoms. The van der Waals surface area contributed by atoms with Crippen molar-refractivity contribution in [2.75, 3.05) is 26.3 Å². The SMILES string of the molecule is C1=CC2=NN=C(N3CCOCC3)C2N=C1. The summed E-state index contributed by atoms with van der Waals surface area (Å²) in [6.07, 6.45) is 5.67. The van der Waals surface area contributed by atoms with Crippen molar-refractivity contribution in [2.45, 2.75) is 6.04 Å². The Hall–Kier alpha value is -1.49. The van der Waals surface area contributed by atoms with Crippen LogP contribution in [0.25, 0.3) is 0 Å². The Labute approximate surface area is 87.8 Å². The van der Waals surface area contributed by atoms with Crippen LogP contribution in [0, 0.1) is 0 Å². The molecule has 3 heterocycles. The standard InChI is InChI=1S/C10H12N4O/c1-2-8-9(11-3-1)10(13-12-8)14-4-6-15-7-5-14/h1-3,9H,4-7H2. The normalized spacial score (nSPS) is 28.8. The first-order chi connectivity index (χ1) is 7.45. The average molecular weight is 204 g/mol. The first kappa shape index (κ1) is 8.79. The van der Waals surface area contributed by atoms with Gasteiger partial charge >= 0.3 is 0 Å². The van der Waals surface area contributed by atoms with Crippen LogP contribution < -0.4 is 0 Å². The second-order valence-corrected chi connectivity index (χ2v) is 3.64. The van der Waals surface area contributed by atoms with Gasteiger partial charge in [-0.3, -0.25) is 4.99 Å². The summed E-state index contributed by atoms with van der Waals surface area (Å²) in [6, 6.07) is 0.0214. The lowest BCUT2D eigenvalue weighted by atomic mass is 10.1. The highest BCUT2D eigenvalue weighted by molar-refractivity contribution is 6.20. The summed E-state index contributed by atoms with van der Waals surface area (Å²) < 4.78 is 5.31. The van der Waals surface area contributed by atoms with Crippen LogP contribution in [0.2, 0.25) is 0 Å². The third-order valence-corrected chi connectivity index (χ3v) is 2.72. The van der Waals surface area contributed by atoms with Gasteiger partial charge in [0.05, 0.1) is 18.9 Å². The van der Waals surface area contributed by atoms with Crippen LogP contribution in [0.3, 0.4) is 0 Å². The molecule has 78 valence electrons. The highest BCUT2D eigenvalue weighted by Gasteiger charge is 2.30. The number of aliphatic imine (C=N–C) groups is 1. The van der Waals surface area contributed by atoms with E-state index in [0.717, 1.165) is 37.9 Å². The van der Waals surface area contributed by atoms with E-state index in [1.807, 2.05) is 18.4 Å². The summed E-state index contributed by atoms with van der Waals surface area (Å²) in [5, 5.41) is 8.35. The molecule has 1 fully saturated rings. The molecular weight excluding hydrogens is 192 g/mol. The summed E-state index contributed by atoms with van der Waals surface area (Å²) in [6.45, 7) is 3.30. The molecule has 0 aromatic carbocycles. The second kappa shape index (κ2) is 3.58. The Kier molecular flexibility index (Phi) is 2.10. The van der Waals surface area contributed by atoms with E-state index in [-0.39, 0.29) is 6.04 Å². The fourth-order valence-corrected chi connectivity index (χ4v) is 1.92. The van der Waals surface area contributed by atoms with Crippen LogP contribution in [0.15, 0.2) is 27.3 Å². The minimum atomic E-state index is 0.0214. The summed E-state index contributed by atoms with van der Waals surface area (Å²) in [4.78, 5) is 6.60. The molecule has 0 aromatic rings. The lowest BCUT2D eigenvalue weighted by Gasteiger charge is -2.30. The molecule has 0 aromatic heterocycles. The Balaban J connectivity index is 1.79. The zero-order valence-corrected chi connectivity index (χ0v) is 8.33. The third kappa shape index (κ3) is 1.48. The van der Waals surface area contributed by atoms with E-state index in [4.69, 9.17) is 4.74 Å². The number of morpholine rings is 1. The molecule has 3 rings (SSSR count). The van der Waals surface area contributed by atoms with Gasteiger partial charge in [0.1, 0.15) is 0 Å². The molecule has 3 aliphatic heterocycles. The predicted molar refractivity (Wildman–Crippen MR) is 58.7 cm³/mol. The Morgan fingerprint density at radius 3 is 3.00 bits per heavy atom. The Bertz CT molecular complexity index is 377. The maximum atomic E-state index is 5.31. The molecule has 0 aliphatic carbocycles. The number of ether oxygens (including phenoxy) is 1. The predicted octanol–water partition coefficient (Wildman–Crippen LogP) is 0.0959. The van der Waals surface area contributed by atoms with Gasteiger partial charge < -0.3 is 9.64 Å². The topological polar surface area (TPSA) is 49.5 Å². The molecule has 1 saturated heterocycles. The summed E-state index contributed by atoms with van der Waals surface area (Å²) in [5.41, 5.74) is 0.944. The maximum absolute atomic E-state index is 5.31. The van der Waals surface area contributed by atoms with Gasteiger partial charge in [0, 0.05) is 19.3 Å².